The van der Waals surface area contributed by atoms with Crippen LogP contribution in [0.15, 0.2) is 40.6 Å². The van der Waals surface area contributed by atoms with Gasteiger partial charge in [0.05, 0.1) is 10.6 Å². The van der Waals surface area contributed by atoms with Crippen LogP contribution in [0, 0.1) is 6.92 Å². The molecule has 6 heteroatoms. The fourth-order valence-electron chi connectivity index (χ4n) is 2.24. The lowest BCUT2D eigenvalue weighted by molar-refractivity contribution is -0.113. The van der Waals surface area contributed by atoms with Crippen LogP contribution in [0.3, 0.4) is 0 Å². The molecule has 0 atom stereocenters. The van der Waals surface area contributed by atoms with Gasteiger partial charge in [0.25, 0.3) is 5.91 Å². The van der Waals surface area contributed by atoms with Gasteiger partial charge in [0, 0.05) is 24.7 Å². The van der Waals surface area contributed by atoms with Gasteiger partial charge in [0.2, 0.25) is 0 Å². The van der Waals surface area contributed by atoms with E-state index in [1.165, 1.54) is 17.3 Å². The second kappa shape index (κ2) is 6.47. The van der Waals surface area contributed by atoms with Crippen LogP contribution in [0.5, 0.6) is 0 Å². The van der Waals surface area contributed by atoms with Crippen molar-refractivity contribution in [3.8, 4) is 0 Å². The maximum absolute atomic E-state index is 12.7. The number of rotatable bonds is 3. The SMILES string of the molecule is Cc1ccsc1C=C1SC(=S)N(c2ccc(N(C)C)cc2)C1=O. The van der Waals surface area contributed by atoms with Gasteiger partial charge in [-0.1, -0.05) is 24.0 Å². The van der Waals surface area contributed by atoms with Crippen molar-refractivity contribution in [1.82, 2.24) is 0 Å². The molecule has 0 unspecified atom stereocenters. The van der Waals surface area contributed by atoms with Crippen molar-refractivity contribution in [3.63, 3.8) is 0 Å². The summed E-state index contributed by atoms with van der Waals surface area (Å²) in [6.07, 6.45) is 1.94. The molecule has 2 aromatic rings. The van der Waals surface area contributed by atoms with Crippen molar-refractivity contribution in [2.24, 2.45) is 0 Å². The Morgan fingerprint density at radius 3 is 2.43 bits per heavy atom. The van der Waals surface area contributed by atoms with Gasteiger partial charge in [0.15, 0.2) is 4.32 Å². The van der Waals surface area contributed by atoms with E-state index in [4.69, 9.17) is 12.2 Å². The molecule has 2 heterocycles. The minimum absolute atomic E-state index is 0.0506. The van der Waals surface area contributed by atoms with E-state index < -0.39 is 0 Å². The number of thiophene rings is 1. The first-order valence-corrected chi connectivity index (χ1v) is 9.17. The first-order chi connectivity index (χ1) is 11.0. The van der Waals surface area contributed by atoms with Crippen molar-refractivity contribution < 1.29 is 4.79 Å². The zero-order valence-corrected chi connectivity index (χ0v) is 15.5. The van der Waals surface area contributed by atoms with Gasteiger partial charge in [-0.3, -0.25) is 9.69 Å². The molecule has 1 saturated heterocycles. The highest BCUT2D eigenvalue weighted by molar-refractivity contribution is 8.27. The van der Waals surface area contributed by atoms with E-state index in [0.29, 0.717) is 9.23 Å². The van der Waals surface area contributed by atoms with Gasteiger partial charge in [-0.25, -0.2) is 0 Å². The van der Waals surface area contributed by atoms with Gasteiger partial charge in [-0.2, -0.15) is 0 Å². The van der Waals surface area contributed by atoms with Crippen molar-refractivity contribution in [2.45, 2.75) is 6.92 Å². The molecule has 3 rings (SSSR count). The van der Waals surface area contributed by atoms with Gasteiger partial charge in [-0.05, 0) is 54.3 Å². The number of hydrogen-bond acceptors (Lipinski definition) is 5. The smallest absolute Gasteiger partial charge is 0.270 e. The monoisotopic (exact) mass is 360 g/mol. The lowest BCUT2D eigenvalue weighted by atomic mass is 10.2. The Labute approximate surface area is 149 Å². The van der Waals surface area contributed by atoms with E-state index in [1.807, 2.05) is 61.6 Å². The molecular formula is C17H16N2OS3. The fourth-order valence-corrected chi connectivity index (χ4v) is 4.46. The Balaban J connectivity index is 1.90. The summed E-state index contributed by atoms with van der Waals surface area (Å²) in [5, 5.41) is 2.03. The van der Waals surface area contributed by atoms with E-state index in [1.54, 1.807) is 16.2 Å². The summed E-state index contributed by atoms with van der Waals surface area (Å²) >= 11 is 8.40. The first kappa shape index (κ1) is 16.2. The zero-order valence-electron chi connectivity index (χ0n) is 13.1. The summed E-state index contributed by atoms with van der Waals surface area (Å²) in [4.78, 5) is 18.1. The second-order valence-corrected chi connectivity index (χ2v) is 8.02. The highest BCUT2D eigenvalue weighted by atomic mass is 32.2. The lowest BCUT2D eigenvalue weighted by Crippen LogP contribution is -2.27. The Kier molecular flexibility index (Phi) is 4.57. The number of aryl methyl sites for hydroxylation is 1. The minimum atomic E-state index is -0.0506. The number of carbonyl (C=O) groups excluding carboxylic acids is 1. The second-order valence-electron chi connectivity index (χ2n) is 5.40. The minimum Gasteiger partial charge on any atom is -0.378 e. The van der Waals surface area contributed by atoms with Crippen LogP contribution in [-0.4, -0.2) is 24.3 Å². The van der Waals surface area contributed by atoms with E-state index in [2.05, 4.69) is 6.07 Å². The van der Waals surface area contributed by atoms with Crippen LogP contribution in [-0.2, 0) is 4.79 Å². The number of carbonyl (C=O) groups is 1. The van der Waals surface area contributed by atoms with Crippen LogP contribution < -0.4 is 9.80 Å². The molecular weight excluding hydrogens is 344 g/mol. The molecule has 1 fully saturated rings. The van der Waals surface area contributed by atoms with Crippen LogP contribution >= 0.6 is 35.3 Å². The predicted octanol–water partition coefficient (Wildman–Crippen LogP) is 4.53. The number of anilines is 2. The predicted molar refractivity (Wildman–Crippen MR) is 105 cm³/mol. The topological polar surface area (TPSA) is 23.6 Å². The molecule has 23 heavy (non-hydrogen) atoms. The number of thiocarbonyl (C=S) groups is 1. The molecule has 1 aliphatic rings. The maximum atomic E-state index is 12.7. The van der Waals surface area contributed by atoms with E-state index in [9.17, 15) is 4.79 Å². The van der Waals surface area contributed by atoms with Crippen LogP contribution in [0.2, 0.25) is 0 Å². The molecule has 0 bridgehead atoms. The summed E-state index contributed by atoms with van der Waals surface area (Å²) in [6.45, 7) is 2.04. The van der Waals surface area contributed by atoms with Crippen LogP contribution in [0.4, 0.5) is 11.4 Å². The highest BCUT2D eigenvalue weighted by Crippen LogP contribution is 2.37. The number of benzene rings is 1. The third kappa shape index (κ3) is 3.20. The van der Waals surface area contributed by atoms with Crippen molar-refractivity contribution >= 4 is 63.0 Å². The third-order valence-electron chi connectivity index (χ3n) is 3.58. The molecule has 0 spiro atoms. The Morgan fingerprint density at radius 1 is 1.17 bits per heavy atom. The Bertz CT molecular complexity index is 790. The number of nitrogens with zero attached hydrogens (tertiary/aromatic N) is 2. The summed E-state index contributed by atoms with van der Waals surface area (Å²) in [5.74, 6) is -0.0506. The summed E-state index contributed by atoms with van der Waals surface area (Å²) < 4.78 is 0.577. The van der Waals surface area contributed by atoms with Crippen molar-refractivity contribution in [1.29, 1.82) is 0 Å². The number of thioether (sulfide) groups is 1. The van der Waals surface area contributed by atoms with Gasteiger partial charge >= 0.3 is 0 Å². The van der Waals surface area contributed by atoms with Gasteiger partial charge < -0.3 is 4.90 Å². The fraction of sp³-hybridized carbons (Fsp3) is 0.176. The largest absolute Gasteiger partial charge is 0.378 e. The molecule has 0 radical (unpaired) electrons. The van der Waals surface area contributed by atoms with Crippen LogP contribution in [0.25, 0.3) is 6.08 Å². The average Bonchev–Trinajstić information content (AvgIpc) is 3.04. The average molecular weight is 361 g/mol. The molecule has 3 nitrogen and oxygen atoms in total. The third-order valence-corrected chi connectivity index (χ3v) is 5.85. The molecule has 1 aromatic heterocycles. The van der Waals surface area contributed by atoms with Crippen molar-refractivity contribution in [2.75, 3.05) is 23.9 Å². The summed E-state index contributed by atoms with van der Waals surface area (Å²) in [7, 11) is 3.97. The summed E-state index contributed by atoms with van der Waals surface area (Å²) in [6, 6.07) is 9.89. The highest BCUT2D eigenvalue weighted by Gasteiger charge is 2.33. The normalized spacial score (nSPS) is 16.5. The van der Waals surface area contributed by atoms with Gasteiger partial charge in [-0.15, -0.1) is 11.3 Å². The molecule has 1 aliphatic heterocycles. The quantitative estimate of drug-likeness (QED) is 0.593. The zero-order chi connectivity index (χ0) is 16.6. The molecule has 1 amide bonds. The number of hydrogen-bond donors (Lipinski definition) is 0. The number of amides is 1. The van der Waals surface area contributed by atoms with Crippen molar-refractivity contribution in [3.05, 3.63) is 51.1 Å². The Hall–Kier alpha value is -1.63. The first-order valence-electron chi connectivity index (χ1n) is 7.07. The Morgan fingerprint density at radius 2 is 1.87 bits per heavy atom. The van der Waals surface area contributed by atoms with E-state index >= 15 is 0 Å². The molecule has 0 aliphatic carbocycles. The maximum Gasteiger partial charge on any atom is 0.270 e. The van der Waals surface area contributed by atoms with E-state index in [0.717, 1.165) is 16.3 Å². The molecule has 1 aromatic carbocycles. The van der Waals surface area contributed by atoms with E-state index in [-0.39, 0.29) is 5.91 Å². The molecule has 0 N–H and O–H groups in total. The lowest BCUT2D eigenvalue weighted by Gasteiger charge is -2.17. The van der Waals surface area contributed by atoms with Gasteiger partial charge in [0.1, 0.15) is 0 Å². The molecule has 0 saturated carbocycles. The van der Waals surface area contributed by atoms with Crippen LogP contribution in [0.1, 0.15) is 10.4 Å². The molecule has 118 valence electrons. The summed E-state index contributed by atoms with van der Waals surface area (Å²) in [5.41, 5.74) is 3.07. The standard InChI is InChI=1S/C17H16N2OS3/c1-11-8-9-22-14(11)10-15-16(20)19(17(21)23-15)13-6-4-12(5-7-13)18(2)3/h4-10H,1-3H3.